The van der Waals surface area contributed by atoms with Gasteiger partial charge >= 0.3 is 0 Å². The van der Waals surface area contributed by atoms with E-state index in [0.29, 0.717) is 12.0 Å². The smallest absolute Gasteiger partial charge is 0.191 e. The van der Waals surface area contributed by atoms with Crippen LogP contribution in [0.2, 0.25) is 0 Å². The first-order valence-corrected chi connectivity index (χ1v) is 5.45. The Labute approximate surface area is 95.0 Å². The first-order chi connectivity index (χ1) is 7.54. The zero-order valence-corrected chi connectivity index (χ0v) is 9.78. The number of carbonyl (C=O) groups is 1. The average molecular weight is 220 g/mol. The van der Waals surface area contributed by atoms with E-state index in [4.69, 9.17) is 4.74 Å². The molecule has 0 heterocycles. The fourth-order valence-electron chi connectivity index (χ4n) is 2.29. The van der Waals surface area contributed by atoms with Crippen LogP contribution in [0.4, 0.5) is 0 Å². The molecule has 0 saturated carbocycles. The summed E-state index contributed by atoms with van der Waals surface area (Å²) in [5.41, 5.74) is 2.55. The van der Waals surface area contributed by atoms with Crippen LogP contribution in [0.1, 0.15) is 40.7 Å². The maximum absolute atomic E-state index is 11.8. The van der Waals surface area contributed by atoms with Crippen LogP contribution in [0.15, 0.2) is 12.1 Å². The van der Waals surface area contributed by atoms with Gasteiger partial charge < -0.3 is 9.84 Å². The molecule has 0 saturated heterocycles. The molecule has 0 radical (unpaired) electrons. The van der Waals surface area contributed by atoms with E-state index >= 15 is 0 Å². The van der Waals surface area contributed by atoms with Gasteiger partial charge in [-0.1, -0.05) is 6.92 Å². The summed E-state index contributed by atoms with van der Waals surface area (Å²) in [7, 11) is 1.62. The van der Waals surface area contributed by atoms with E-state index in [1.165, 1.54) is 0 Å². The number of aliphatic hydroxyl groups is 1. The molecule has 1 aliphatic rings. The largest absolute Gasteiger partial charge is 0.496 e. The third-order valence-electron chi connectivity index (χ3n) is 3.24. The molecule has 2 rings (SSSR count). The second-order valence-electron chi connectivity index (χ2n) is 4.43. The van der Waals surface area contributed by atoms with Gasteiger partial charge in [0, 0.05) is 5.56 Å². The van der Waals surface area contributed by atoms with Gasteiger partial charge in [0.2, 0.25) is 0 Å². The summed E-state index contributed by atoms with van der Waals surface area (Å²) in [5.74, 6) is 0.825. The summed E-state index contributed by atoms with van der Waals surface area (Å²) in [6, 6.07) is 3.73. The molecule has 0 amide bonds. The predicted molar refractivity (Wildman–Crippen MR) is 61.1 cm³/mol. The van der Waals surface area contributed by atoms with Crippen molar-refractivity contribution in [2.45, 2.75) is 32.3 Å². The van der Waals surface area contributed by atoms with Crippen molar-refractivity contribution in [2.24, 2.45) is 0 Å². The molecular weight excluding hydrogens is 204 g/mol. The van der Waals surface area contributed by atoms with Gasteiger partial charge in [0.25, 0.3) is 0 Å². The number of Topliss-reactive ketones (excluding diaryl/α,β-unsaturated/α-hetero) is 1. The number of aliphatic hydroxyl groups excluding tert-OH is 1. The van der Waals surface area contributed by atoms with Crippen molar-refractivity contribution in [3.8, 4) is 5.75 Å². The van der Waals surface area contributed by atoms with Gasteiger partial charge in [0.05, 0.1) is 7.11 Å². The number of ether oxygens (including phenoxy) is 1. The van der Waals surface area contributed by atoms with Gasteiger partial charge in [0.1, 0.15) is 11.9 Å². The molecule has 86 valence electrons. The van der Waals surface area contributed by atoms with Crippen LogP contribution in [0.3, 0.4) is 0 Å². The third kappa shape index (κ3) is 1.61. The van der Waals surface area contributed by atoms with Crippen LogP contribution in [-0.4, -0.2) is 24.1 Å². The summed E-state index contributed by atoms with van der Waals surface area (Å²) >= 11 is 0. The van der Waals surface area contributed by atoms with E-state index in [-0.39, 0.29) is 11.7 Å². The Balaban J connectivity index is 2.58. The van der Waals surface area contributed by atoms with Gasteiger partial charge in [-0.2, -0.15) is 0 Å². The fraction of sp³-hybridized carbons (Fsp3) is 0.462. The average Bonchev–Trinajstić information content (AvgIpc) is 2.25. The number of ketones is 1. The standard InChI is InChI=1S/C13H16O3/c1-7-5-11(14)13(15)10-4-8(2)12(16-3)6-9(7)10/h4,6-7,11,14H,5H2,1-3H3. The summed E-state index contributed by atoms with van der Waals surface area (Å²) in [5, 5.41) is 9.63. The normalized spacial score (nSPS) is 24.1. The van der Waals surface area contributed by atoms with E-state index in [0.717, 1.165) is 16.9 Å². The molecule has 3 heteroatoms. The second-order valence-corrected chi connectivity index (χ2v) is 4.43. The molecule has 1 aromatic carbocycles. The number of hydrogen-bond donors (Lipinski definition) is 1. The van der Waals surface area contributed by atoms with Gasteiger partial charge in [-0.05, 0) is 42.5 Å². The maximum atomic E-state index is 11.8. The summed E-state index contributed by atoms with van der Waals surface area (Å²) in [4.78, 5) is 11.8. The summed E-state index contributed by atoms with van der Waals surface area (Å²) in [6.07, 6.45) is -0.354. The van der Waals surface area contributed by atoms with Gasteiger partial charge in [-0.3, -0.25) is 4.79 Å². The van der Waals surface area contributed by atoms with Crippen molar-refractivity contribution < 1.29 is 14.6 Å². The van der Waals surface area contributed by atoms with Crippen molar-refractivity contribution in [3.63, 3.8) is 0 Å². The molecule has 16 heavy (non-hydrogen) atoms. The predicted octanol–water partition coefficient (Wildman–Crippen LogP) is 2.05. The van der Waals surface area contributed by atoms with Crippen LogP contribution in [-0.2, 0) is 0 Å². The second kappa shape index (κ2) is 3.91. The highest BCUT2D eigenvalue weighted by atomic mass is 16.5. The quantitative estimate of drug-likeness (QED) is 0.788. The number of carbonyl (C=O) groups excluding carboxylic acids is 1. The first-order valence-electron chi connectivity index (χ1n) is 5.45. The molecule has 2 unspecified atom stereocenters. The van der Waals surface area contributed by atoms with Crippen molar-refractivity contribution in [3.05, 3.63) is 28.8 Å². The first kappa shape index (κ1) is 11.1. The number of hydrogen-bond acceptors (Lipinski definition) is 3. The third-order valence-corrected chi connectivity index (χ3v) is 3.24. The number of fused-ring (bicyclic) bond motifs is 1. The van der Waals surface area contributed by atoms with Crippen LogP contribution in [0, 0.1) is 6.92 Å². The molecular formula is C13H16O3. The Morgan fingerprint density at radius 3 is 2.75 bits per heavy atom. The molecule has 0 fully saturated rings. The minimum Gasteiger partial charge on any atom is -0.496 e. The molecule has 3 nitrogen and oxygen atoms in total. The van der Waals surface area contributed by atoms with E-state index < -0.39 is 6.10 Å². The highest BCUT2D eigenvalue weighted by Crippen LogP contribution is 2.35. The Bertz CT molecular complexity index is 437. The zero-order chi connectivity index (χ0) is 11.9. The van der Waals surface area contributed by atoms with E-state index in [9.17, 15) is 9.90 Å². The lowest BCUT2D eigenvalue weighted by atomic mass is 9.80. The van der Waals surface area contributed by atoms with Crippen molar-refractivity contribution in [1.29, 1.82) is 0 Å². The highest BCUT2D eigenvalue weighted by Gasteiger charge is 2.30. The SMILES string of the molecule is COc1cc2c(cc1C)C(=O)C(O)CC2C. The molecule has 0 aliphatic heterocycles. The highest BCUT2D eigenvalue weighted by molar-refractivity contribution is 6.02. The topological polar surface area (TPSA) is 46.5 Å². The number of rotatable bonds is 1. The van der Waals surface area contributed by atoms with Crippen LogP contribution >= 0.6 is 0 Å². The molecule has 0 aromatic heterocycles. The van der Waals surface area contributed by atoms with Gasteiger partial charge in [-0.25, -0.2) is 0 Å². The van der Waals surface area contributed by atoms with Gasteiger partial charge in [0.15, 0.2) is 5.78 Å². The Morgan fingerprint density at radius 1 is 1.44 bits per heavy atom. The van der Waals surface area contributed by atoms with Crippen LogP contribution in [0.25, 0.3) is 0 Å². The van der Waals surface area contributed by atoms with Gasteiger partial charge in [-0.15, -0.1) is 0 Å². The lowest BCUT2D eigenvalue weighted by Gasteiger charge is -2.26. The van der Waals surface area contributed by atoms with Crippen molar-refractivity contribution in [1.82, 2.24) is 0 Å². The number of benzene rings is 1. The summed E-state index contributed by atoms with van der Waals surface area (Å²) < 4.78 is 5.25. The molecule has 1 N–H and O–H groups in total. The Morgan fingerprint density at radius 2 is 2.12 bits per heavy atom. The Hall–Kier alpha value is -1.35. The van der Waals surface area contributed by atoms with E-state index in [1.807, 2.05) is 26.0 Å². The number of methoxy groups -OCH3 is 1. The van der Waals surface area contributed by atoms with Crippen molar-refractivity contribution in [2.75, 3.05) is 7.11 Å². The maximum Gasteiger partial charge on any atom is 0.191 e. The molecule has 1 aliphatic carbocycles. The lowest BCUT2D eigenvalue weighted by molar-refractivity contribution is 0.0694. The van der Waals surface area contributed by atoms with Crippen LogP contribution < -0.4 is 4.74 Å². The lowest BCUT2D eigenvalue weighted by Crippen LogP contribution is -2.29. The van der Waals surface area contributed by atoms with E-state index in [2.05, 4.69) is 0 Å². The molecule has 1 aromatic rings. The molecule has 0 spiro atoms. The molecule has 2 atom stereocenters. The monoisotopic (exact) mass is 220 g/mol. The van der Waals surface area contributed by atoms with Crippen LogP contribution in [0.5, 0.6) is 5.75 Å². The van der Waals surface area contributed by atoms with Crippen molar-refractivity contribution >= 4 is 5.78 Å². The minimum absolute atomic E-state index is 0.168. The minimum atomic E-state index is -0.852. The molecule has 0 bridgehead atoms. The fourth-order valence-corrected chi connectivity index (χ4v) is 2.29. The zero-order valence-electron chi connectivity index (χ0n) is 9.78. The summed E-state index contributed by atoms with van der Waals surface area (Å²) in [6.45, 7) is 3.92. The Kier molecular flexibility index (Phi) is 2.72. The van der Waals surface area contributed by atoms with E-state index in [1.54, 1.807) is 7.11 Å². The number of aryl methyl sites for hydroxylation is 1.